The lowest BCUT2D eigenvalue weighted by molar-refractivity contribution is 0.214. The van der Waals surface area contributed by atoms with E-state index in [1.54, 1.807) is 0 Å². The number of hydrogen-bond donors (Lipinski definition) is 1. The van der Waals surface area contributed by atoms with E-state index < -0.39 is 0 Å². The Morgan fingerprint density at radius 1 is 1.33 bits per heavy atom. The first-order valence-corrected chi connectivity index (χ1v) is 7.21. The predicted octanol–water partition coefficient (Wildman–Crippen LogP) is 3.81. The predicted molar refractivity (Wildman–Crippen MR) is 81.9 cm³/mol. The summed E-state index contributed by atoms with van der Waals surface area (Å²) < 4.78 is 7.10. The molecule has 0 bridgehead atoms. The van der Waals surface area contributed by atoms with Crippen LogP contribution in [-0.2, 0) is 6.42 Å². The van der Waals surface area contributed by atoms with E-state index in [1.807, 2.05) is 0 Å². The quantitative estimate of drug-likeness (QED) is 0.904. The third-order valence-corrected chi connectivity index (χ3v) is 3.83. The maximum Gasteiger partial charge on any atom is 0.122 e. The van der Waals surface area contributed by atoms with E-state index in [0.29, 0.717) is 5.92 Å². The van der Waals surface area contributed by atoms with Gasteiger partial charge in [-0.05, 0) is 62.0 Å². The van der Waals surface area contributed by atoms with Gasteiger partial charge in [0, 0.05) is 4.47 Å². The maximum atomic E-state index is 5.97. The largest absolute Gasteiger partial charge is 0.493 e. The van der Waals surface area contributed by atoms with Crippen LogP contribution in [0.5, 0.6) is 5.75 Å². The van der Waals surface area contributed by atoms with Crippen molar-refractivity contribution in [1.29, 1.82) is 0 Å². The van der Waals surface area contributed by atoms with Gasteiger partial charge in [-0.2, -0.15) is 0 Å². The fraction of sp³-hybridized carbons (Fsp3) is 0.571. The van der Waals surface area contributed by atoms with Crippen LogP contribution in [0.2, 0.25) is 0 Å². The monoisotopic (exact) mass is 333 g/mol. The number of ether oxygens (including phenoxy) is 1. The van der Waals surface area contributed by atoms with Crippen molar-refractivity contribution < 1.29 is 4.74 Å². The van der Waals surface area contributed by atoms with E-state index >= 15 is 0 Å². The molecule has 1 aliphatic heterocycles. The lowest BCUT2D eigenvalue weighted by Gasteiger charge is -2.23. The molecule has 0 spiro atoms. The third kappa shape index (κ3) is 4.45. The van der Waals surface area contributed by atoms with Crippen LogP contribution in [0, 0.1) is 5.92 Å². The molecule has 0 saturated carbocycles. The van der Waals surface area contributed by atoms with Crippen molar-refractivity contribution >= 4 is 28.3 Å². The summed E-state index contributed by atoms with van der Waals surface area (Å²) in [6, 6.07) is 6.28. The molecule has 0 atom stereocenters. The summed E-state index contributed by atoms with van der Waals surface area (Å²) in [4.78, 5) is 0. The second-order valence-corrected chi connectivity index (χ2v) is 5.53. The van der Waals surface area contributed by atoms with Crippen molar-refractivity contribution in [1.82, 2.24) is 5.32 Å². The number of nitrogens with one attached hydrogen (secondary N) is 1. The van der Waals surface area contributed by atoms with Gasteiger partial charge in [0.1, 0.15) is 5.75 Å². The van der Waals surface area contributed by atoms with E-state index in [1.165, 1.54) is 18.4 Å². The molecule has 1 fully saturated rings. The summed E-state index contributed by atoms with van der Waals surface area (Å²) in [7, 11) is 0. The fourth-order valence-electron chi connectivity index (χ4n) is 2.22. The number of piperidine rings is 1. The Balaban J connectivity index is 0.00000162. The normalized spacial score (nSPS) is 16.1. The highest BCUT2D eigenvalue weighted by Crippen LogP contribution is 2.25. The van der Waals surface area contributed by atoms with Gasteiger partial charge in [0.25, 0.3) is 0 Å². The summed E-state index contributed by atoms with van der Waals surface area (Å²) in [5, 5.41) is 3.38. The summed E-state index contributed by atoms with van der Waals surface area (Å²) in [5.41, 5.74) is 1.29. The minimum atomic E-state index is 0. The zero-order chi connectivity index (χ0) is 12.1. The molecule has 0 unspecified atom stereocenters. The summed E-state index contributed by atoms with van der Waals surface area (Å²) >= 11 is 3.50. The van der Waals surface area contributed by atoms with E-state index in [-0.39, 0.29) is 12.4 Å². The first-order chi connectivity index (χ1) is 8.29. The second-order valence-electron chi connectivity index (χ2n) is 4.61. The maximum absolute atomic E-state index is 5.97. The highest BCUT2D eigenvalue weighted by molar-refractivity contribution is 9.10. The number of halogens is 2. The van der Waals surface area contributed by atoms with Crippen LogP contribution in [-0.4, -0.2) is 19.7 Å². The average Bonchev–Trinajstić information content (AvgIpc) is 2.38. The third-order valence-electron chi connectivity index (χ3n) is 3.34. The van der Waals surface area contributed by atoms with Gasteiger partial charge in [-0.15, -0.1) is 12.4 Å². The lowest BCUT2D eigenvalue weighted by atomic mass is 9.99. The van der Waals surface area contributed by atoms with E-state index in [0.717, 1.165) is 36.3 Å². The molecule has 2 nitrogen and oxygen atoms in total. The molecule has 2 rings (SSSR count). The summed E-state index contributed by atoms with van der Waals surface area (Å²) in [5.74, 6) is 1.76. The number of hydrogen-bond acceptors (Lipinski definition) is 2. The first kappa shape index (κ1) is 15.8. The molecule has 0 radical (unpaired) electrons. The van der Waals surface area contributed by atoms with Crippen molar-refractivity contribution in [3.63, 3.8) is 0 Å². The fourth-order valence-corrected chi connectivity index (χ4v) is 2.63. The first-order valence-electron chi connectivity index (χ1n) is 6.41. The molecule has 4 heteroatoms. The zero-order valence-electron chi connectivity index (χ0n) is 10.7. The van der Waals surface area contributed by atoms with Crippen LogP contribution in [0.1, 0.15) is 25.3 Å². The van der Waals surface area contributed by atoms with Crippen LogP contribution in [0.15, 0.2) is 22.7 Å². The average molecular weight is 335 g/mol. The summed E-state index contributed by atoms with van der Waals surface area (Å²) in [6.45, 7) is 5.29. The zero-order valence-corrected chi connectivity index (χ0v) is 13.1. The topological polar surface area (TPSA) is 21.3 Å². The molecule has 1 N–H and O–H groups in total. The van der Waals surface area contributed by atoms with Crippen molar-refractivity contribution in [2.45, 2.75) is 26.2 Å². The Bertz CT molecular complexity index is 367. The van der Waals surface area contributed by atoms with Crippen molar-refractivity contribution in [3.8, 4) is 5.75 Å². The molecule has 1 aliphatic rings. The standard InChI is InChI=1S/C14H20BrNO.ClH/c1-2-12-9-13(15)3-4-14(12)17-10-11-5-7-16-8-6-11;/h3-4,9,11,16H,2,5-8,10H2,1H3;1H. The van der Waals surface area contributed by atoms with E-state index in [2.05, 4.69) is 46.4 Å². The molecule has 0 amide bonds. The van der Waals surface area contributed by atoms with Gasteiger partial charge < -0.3 is 10.1 Å². The van der Waals surface area contributed by atoms with E-state index in [9.17, 15) is 0 Å². The van der Waals surface area contributed by atoms with Crippen LogP contribution >= 0.6 is 28.3 Å². The van der Waals surface area contributed by atoms with Crippen LogP contribution in [0.25, 0.3) is 0 Å². The molecule has 0 aromatic heterocycles. The van der Waals surface area contributed by atoms with Crippen molar-refractivity contribution in [2.75, 3.05) is 19.7 Å². The van der Waals surface area contributed by atoms with Crippen LogP contribution in [0.4, 0.5) is 0 Å². The number of rotatable bonds is 4. The number of benzene rings is 1. The van der Waals surface area contributed by atoms with Gasteiger partial charge in [0.05, 0.1) is 6.61 Å². The second kappa shape index (κ2) is 8.03. The smallest absolute Gasteiger partial charge is 0.122 e. The SMILES string of the molecule is CCc1cc(Br)ccc1OCC1CCNCC1.Cl. The molecule has 1 heterocycles. The number of aryl methyl sites for hydroxylation is 1. The van der Waals surface area contributed by atoms with E-state index in [4.69, 9.17) is 4.74 Å². The Hall–Kier alpha value is -0.250. The van der Waals surface area contributed by atoms with Crippen molar-refractivity contribution in [2.24, 2.45) is 5.92 Å². The summed E-state index contributed by atoms with van der Waals surface area (Å²) in [6.07, 6.45) is 3.48. The molecule has 1 aromatic carbocycles. The Labute approximate surface area is 124 Å². The molecular weight excluding hydrogens is 314 g/mol. The van der Waals surface area contributed by atoms with Gasteiger partial charge in [0.15, 0.2) is 0 Å². The highest BCUT2D eigenvalue weighted by atomic mass is 79.9. The molecule has 1 aromatic rings. The Kier molecular flexibility index (Phi) is 7.05. The Morgan fingerprint density at radius 3 is 2.72 bits per heavy atom. The van der Waals surface area contributed by atoms with Crippen LogP contribution in [0.3, 0.4) is 0 Å². The van der Waals surface area contributed by atoms with Gasteiger partial charge in [-0.1, -0.05) is 22.9 Å². The van der Waals surface area contributed by atoms with Gasteiger partial charge in [0.2, 0.25) is 0 Å². The van der Waals surface area contributed by atoms with Gasteiger partial charge in [-0.3, -0.25) is 0 Å². The van der Waals surface area contributed by atoms with Crippen LogP contribution < -0.4 is 10.1 Å². The van der Waals surface area contributed by atoms with Gasteiger partial charge in [-0.25, -0.2) is 0 Å². The minimum Gasteiger partial charge on any atom is -0.493 e. The molecule has 18 heavy (non-hydrogen) atoms. The lowest BCUT2D eigenvalue weighted by Crippen LogP contribution is -2.30. The highest BCUT2D eigenvalue weighted by Gasteiger charge is 2.14. The molecule has 1 saturated heterocycles. The Morgan fingerprint density at radius 2 is 2.06 bits per heavy atom. The van der Waals surface area contributed by atoms with Gasteiger partial charge >= 0.3 is 0 Å². The molecular formula is C14H21BrClNO. The minimum absolute atomic E-state index is 0. The molecule has 0 aliphatic carbocycles. The van der Waals surface area contributed by atoms with Crippen molar-refractivity contribution in [3.05, 3.63) is 28.2 Å². The molecule has 102 valence electrons.